The van der Waals surface area contributed by atoms with E-state index in [0.717, 1.165) is 37.6 Å². The van der Waals surface area contributed by atoms with Gasteiger partial charge in [0, 0.05) is 25.3 Å². The Morgan fingerprint density at radius 3 is 3.00 bits per heavy atom. The predicted octanol–water partition coefficient (Wildman–Crippen LogP) is 2.60. The molecular weight excluding hydrogens is 236 g/mol. The molecule has 0 spiro atoms. The molecule has 19 heavy (non-hydrogen) atoms. The van der Waals surface area contributed by atoms with Gasteiger partial charge >= 0.3 is 0 Å². The lowest BCUT2D eigenvalue weighted by Crippen LogP contribution is -2.34. The summed E-state index contributed by atoms with van der Waals surface area (Å²) in [5.41, 5.74) is 1.04. The Morgan fingerprint density at radius 1 is 1.42 bits per heavy atom. The van der Waals surface area contributed by atoms with Crippen LogP contribution in [0.4, 0.5) is 5.82 Å². The lowest BCUT2D eigenvalue weighted by Gasteiger charge is -2.28. The summed E-state index contributed by atoms with van der Waals surface area (Å²) in [6.45, 7) is 9.72. The van der Waals surface area contributed by atoms with E-state index < -0.39 is 0 Å². The summed E-state index contributed by atoms with van der Waals surface area (Å²) in [6.07, 6.45) is 7.46. The highest BCUT2D eigenvalue weighted by Crippen LogP contribution is 2.27. The summed E-state index contributed by atoms with van der Waals surface area (Å²) < 4.78 is 0. The standard InChI is InChI=1S/C15H26N4/c1-4-7-16-9-13-10-17-11-15(18-13)19-8-5-6-14(19)12(2)3/h10-12,14,16H,4-9H2,1-3H3. The van der Waals surface area contributed by atoms with Crippen LogP contribution in [0.25, 0.3) is 0 Å². The fourth-order valence-corrected chi connectivity index (χ4v) is 2.78. The molecule has 2 heterocycles. The molecule has 0 saturated carbocycles. The van der Waals surface area contributed by atoms with Crippen LogP contribution in [0.5, 0.6) is 0 Å². The molecule has 1 unspecified atom stereocenters. The van der Waals surface area contributed by atoms with Gasteiger partial charge in [0.2, 0.25) is 0 Å². The largest absolute Gasteiger partial charge is 0.352 e. The molecule has 1 aliphatic rings. The average Bonchev–Trinajstić information content (AvgIpc) is 2.89. The van der Waals surface area contributed by atoms with Crippen LogP contribution in [-0.2, 0) is 6.54 Å². The van der Waals surface area contributed by atoms with Crippen molar-refractivity contribution in [1.29, 1.82) is 0 Å². The van der Waals surface area contributed by atoms with Gasteiger partial charge in [0.05, 0.1) is 11.9 Å². The van der Waals surface area contributed by atoms with Crippen molar-refractivity contribution in [3.8, 4) is 0 Å². The van der Waals surface area contributed by atoms with Crippen LogP contribution < -0.4 is 10.2 Å². The molecule has 1 aromatic rings. The van der Waals surface area contributed by atoms with Crippen LogP contribution in [0.2, 0.25) is 0 Å². The van der Waals surface area contributed by atoms with Crippen LogP contribution in [0.1, 0.15) is 45.7 Å². The van der Waals surface area contributed by atoms with Crippen molar-refractivity contribution >= 4 is 5.82 Å². The number of nitrogens with zero attached hydrogens (tertiary/aromatic N) is 3. The molecule has 106 valence electrons. The highest BCUT2D eigenvalue weighted by molar-refractivity contribution is 5.39. The first-order valence-electron chi connectivity index (χ1n) is 7.50. The van der Waals surface area contributed by atoms with Crippen molar-refractivity contribution in [2.75, 3.05) is 18.0 Å². The Bertz CT molecular complexity index is 391. The SMILES string of the molecule is CCCNCc1cncc(N2CCCC2C(C)C)n1. The second-order valence-electron chi connectivity index (χ2n) is 5.69. The maximum absolute atomic E-state index is 4.76. The van der Waals surface area contributed by atoms with E-state index in [1.165, 1.54) is 12.8 Å². The maximum Gasteiger partial charge on any atom is 0.147 e. The van der Waals surface area contributed by atoms with E-state index in [-0.39, 0.29) is 0 Å². The zero-order chi connectivity index (χ0) is 13.7. The average molecular weight is 262 g/mol. The molecule has 0 aliphatic carbocycles. The highest BCUT2D eigenvalue weighted by Gasteiger charge is 2.28. The third-order valence-corrected chi connectivity index (χ3v) is 3.77. The lowest BCUT2D eigenvalue weighted by atomic mass is 10.0. The number of hydrogen-bond donors (Lipinski definition) is 1. The monoisotopic (exact) mass is 262 g/mol. The molecule has 4 heteroatoms. The van der Waals surface area contributed by atoms with E-state index in [1.54, 1.807) is 0 Å². The maximum atomic E-state index is 4.76. The molecule has 1 aromatic heterocycles. The zero-order valence-corrected chi connectivity index (χ0v) is 12.4. The Morgan fingerprint density at radius 2 is 2.26 bits per heavy atom. The number of hydrogen-bond acceptors (Lipinski definition) is 4. The van der Waals surface area contributed by atoms with E-state index in [2.05, 4.69) is 36.0 Å². The van der Waals surface area contributed by atoms with Crippen molar-refractivity contribution in [3.05, 3.63) is 18.1 Å². The second-order valence-corrected chi connectivity index (χ2v) is 5.69. The summed E-state index contributed by atoms with van der Waals surface area (Å²) >= 11 is 0. The molecule has 1 N–H and O–H groups in total. The molecule has 1 atom stereocenters. The topological polar surface area (TPSA) is 41.1 Å². The molecule has 1 fully saturated rings. The van der Waals surface area contributed by atoms with Gasteiger partial charge in [0.15, 0.2) is 0 Å². The van der Waals surface area contributed by atoms with Crippen molar-refractivity contribution in [3.63, 3.8) is 0 Å². The van der Waals surface area contributed by atoms with Crippen LogP contribution in [0.15, 0.2) is 12.4 Å². The normalized spacial score (nSPS) is 19.4. The van der Waals surface area contributed by atoms with Gasteiger partial charge in [-0.15, -0.1) is 0 Å². The van der Waals surface area contributed by atoms with Crippen LogP contribution in [0, 0.1) is 5.92 Å². The number of nitrogens with one attached hydrogen (secondary N) is 1. The smallest absolute Gasteiger partial charge is 0.147 e. The fourth-order valence-electron chi connectivity index (χ4n) is 2.78. The Kier molecular flexibility index (Phi) is 5.14. The van der Waals surface area contributed by atoms with Crippen molar-refractivity contribution in [1.82, 2.24) is 15.3 Å². The minimum atomic E-state index is 0.619. The van der Waals surface area contributed by atoms with E-state index in [1.807, 2.05) is 12.4 Å². The fraction of sp³-hybridized carbons (Fsp3) is 0.733. The van der Waals surface area contributed by atoms with Crippen LogP contribution in [0.3, 0.4) is 0 Å². The molecule has 0 bridgehead atoms. The van der Waals surface area contributed by atoms with Gasteiger partial charge < -0.3 is 10.2 Å². The van der Waals surface area contributed by atoms with E-state index >= 15 is 0 Å². The van der Waals surface area contributed by atoms with Gasteiger partial charge in [-0.3, -0.25) is 4.98 Å². The molecule has 0 radical (unpaired) electrons. The molecule has 4 nitrogen and oxygen atoms in total. The second kappa shape index (κ2) is 6.85. The number of anilines is 1. The molecule has 1 saturated heterocycles. The predicted molar refractivity (Wildman–Crippen MR) is 79.2 cm³/mol. The van der Waals surface area contributed by atoms with Crippen molar-refractivity contribution in [2.24, 2.45) is 5.92 Å². The first-order chi connectivity index (χ1) is 9.22. The van der Waals surface area contributed by atoms with E-state index in [4.69, 9.17) is 4.98 Å². The van der Waals surface area contributed by atoms with E-state index in [0.29, 0.717) is 12.0 Å². The van der Waals surface area contributed by atoms with Gasteiger partial charge in [-0.05, 0) is 31.7 Å². The summed E-state index contributed by atoms with van der Waals surface area (Å²) in [5.74, 6) is 1.72. The highest BCUT2D eigenvalue weighted by atomic mass is 15.2. The summed E-state index contributed by atoms with van der Waals surface area (Å²) in [6, 6.07) is 0.619. The summed E-state index contributed by atoms with van der Waals surface area (Å²) in [5, 5.41) is 3.38. The van der Waals surface area contributed by atoms with Gasteiger partial charge in [-0.1, -0.05) is 20.8 Å². The molecule has 1 aliphatic heterocycles. The third-order valence-electron chi connectivity index (χ3n) is 3.77. The minimum Gasteiger partial charge on any atom is -0.352 e. The Labute approximate surface area is 116 Å². The van der Waals surface area contributed by atoms with E-state index in [9.17, 15) is 0 Å². The first kappa shape index (κ1) is 14.3. The third kappa shape index (κ3) is 3.66. The Hall–Kier alpha value is -1.16. The number of rotatable bonds is 6. The molecule has 2 rings (SSSR count). The lowest BCUT2D eigenvalue weighted by molar-refractivity contribution is 0.488. The van der Waals surface area contributed by atoms with Crippen molar-refractivity contribution in [2.45, 2.75) is 52.6 Å². The van der Waals surface area contributed by atoms with Gasteiger partial charge in [0.1, 0.15) is 5.82 Å². The Balaban J connectivity index is 2.05. The summed E-state index contributed by atoms with van der Waals surface area (Å²) in [4.78, 5) is 11.5. The zero-order valence-electron chi connectivity index (χ0n) is 12.4. The van der Waals surface area contributed by atoms with Gasteiger partial charge in [0.25, 0.3) is 0 Å². The summed E-state index contributed by atoms with van der Waals surface area (Å²) in [7, 11) is 0. The first-order valence-corrected chi connectivity index (χ1v) is 7.50. The quantitative estimate of drug-likeness (QED) is 0.800. The molecular formula is C15H26N4. The molecule has 0 aromatic carbocycles. The van der Waals surface area contributed by atoms with Crippen LogP contribution in [-0.4, -0.2) is 29.1 Å². The number of aromatic nitrogens is 2. The van der Waals surface area contributed by atoms with Gasteiger partial charge in [-0.2, -0.15) is 0 Å². The van der Waals surface area contributed by atoms with Crippen LogP contribution >= 0.6 is 0 Å². The molecule has 0 amide bonds. The minimum absolute atomic E-state index is 0.619. The van der Waals surface area contributed by atoms with Gasteiger partial charge in [-0.25, -0.2) is 4.98 Å². The van der Waals surface area contributed by atoms with Crippen molar-refractivity contribution < 1.29 is 0 Å².